The second-order valence-electron chi connectivity index (χ2n) is 5.06. The van der Waals surface area contributed by atoms with Crippen molar-refractivity contribution in [1.29, 1.82) is 0 Å². The van der Waals surface area contributed by atoms with E-state index >= 15 is 0 Å². The Morgan fingerprint density at radius 2 is 1.88 bits per heavy atom. The first kappa shape index (κ1) is 17.3. The summed E-state index contributed by atoms with van der Waals surface area (Å²) < 4.78 is 15.3. The molecule has 2 aromatic carbocycles. The predicted molar refractivity (Wildman–Crippen MR) is 89.6 cm³/mol. The van der Waals surface area contributed by atoms with E-state index in [1.54, 1.807) is 12.1 Å². The summed E-state index contributed by atoms with van der Waals surface area (Å²) in [6, 6.07) is 12.1. The van der Waals surface area contributed by atoms with Crippen LogP contribution in [0.5, 0.6) is 11.5 Å². The highest BCUT2D eigenvalue weighted by Crippen LogP contribution is 2.25. The molecule has 0 bridgehead atoms. The molecule has 0 radical (unpaired) electrons. The number of amides is 1. The number of carbonyl (C=O) groups is 2. The Morgan fingerprint density at radius 3 is 2.54 bits per heavy atom. The molecule has 0 aliphatic rings. The average Bonchev–Trinajstić information content (AvgIpc) is 2.59. The molecule has 0 fully saturated rings. The van der Waals surface area contributed by atoms with Gasteiger partial charge in [-0.15, -0.1) is 0 Å². The number of benzene rings is 2. The lowest BCUT2D eigenvalue weighted by molar-refractivity contribution is -0.118. The fourth-order valence-corrected chi connectivity index (χ4v) is 2.09. The van der Waals surface area contributed by atoms with Crippen molar-refractivity contribution in [1.82, 2.24) is 0 Å². The number of carbonyl (C=O) groups excluding carboxylic acids is 2. The van der Waals surface area contributed by atoms with Crippen molar-refractivity contribution in [2.24, 2.45) is 0 Å². The molecule has 0 aliphatic heterocycles. The van der Waals surface area contributed by atoms with Gasteiger partial charge >= 0.3 is 5.97 Å². The monoisotopic (exact) mass is 329 g/mol. The normalized spacial score (nSPS) is 9.96. The maximum absolute atomic E-state index is 12.0. The van der Waals surface area contributed by atoms with Crippen LogP contribution in [0.3, 0.4) is 0 Å². The van der Waals surface area contributed by atoms with Crippen molar-refractivity contribution >= 4 is 17.6 Å². The van der Waals surface area contributed by atoms with Gasteiger partial charge in [-0.25, -0.2) is 4.79 Å². The number of anilines is 1. The SMILES string of the molecule is COC(=O)c1ccc(OC)cc1OCC(=O)Nc1cccc(C)c1. The summed E-state index contributed by atoms with van der Waals surface area (Å²) in [6.45, 7) is 1.69. The van der Waals surface area contributed by atoms with E-state index < -0.39 is 5.97 Å². The molecule has 126 valence electrons. The molecular weight excluding hydrogens is 310 g/mol. The topological polar surface area (TPSA) is 73.9 Å². The summed E-state index contributed by atoms with van der Waals surface area (Å²) in [6.07, 6.45) is 0. The van der Waals surface area contributed by atoms with Crippen LogP contribution in [0.15, 0.2) is 42.5 Å². The quantitative estimate of drug-likeness (QED) is 0.825. The van der Waals surface area contributed by atoms with Crippen LogP contribution in [-0.2, 0) is 9.53 Å². The Balaban J connectivity index is 2.07. The summed E-state index contributed by atoms with van der Waals surface area (Å²) >= 11 is 0. The van der Waals surface area contributed by atoms with Gasteiger partial charge in [-0.2, -0.15) is 0 Å². The van der Waals surface area contributed by atoms with Gasteiger partial charge in [0.1, 0.15) is 17.1 Å². The minimum Gasteiger partial charge on any atom is -0.497 e. The van der Waals surface area contributed by atoms with Crippen LogP contribution >= 0.6 is 0 Å². The van der Waals surface area contributed by atoms with Crippen LogP contribution in [0, 0.1) is 6.92 Å². The minimum absolute atomic E-state index is 0.223. The Hall–Kier alpha value is -3.02. The maximum atomic E-state index is 12.0. The predicted octanol–water partition coefficient (Wildman–Crippen LogP) is 2.81. The Morgan fingerprint density at radius 1 is 1.08 bits per heavy atom. The molecule has 2 rings (SSSR count). The third-order valence-electron chi connectivity index (χ3n) is 3.25. The number of aryl methyl sites for hydroxylation is 1. The first-order valence-corrected chi connectivity index (χ1v) is 7.29. The zero-order chi connectivity index (χ0) is 17.5. The number of methoxy groups -OCH3 is 2. The second kappa shape index (κ2) is 8.01. The lowest BCUT2D eigenvalue weighted by Gasteiger charge is -2.12. The minimum atomic E-state index is -0.549. The third-order valence-corrected chi connectivity index (χ3v) is 3.25. The van der Waals surface area contributed by atoms with Gasteiger partial charge in [0.05, 0.1) is 14.2 Å². The maximum Gasteiger partial charge on any atom is 0.341 e. The van der Waals surface area contributed by atoms with Crippen LogP contribution in [-0.4, -0.2) is 32.7 Å². The third kappa shape index (κ3) is 4.49. The molecule has 0 atom stereocenters. The Bertz CT molecular complexity index is 742. The van der Waals surface area contributed by atoms with E-state index in [-0.39, 0.29) is 23.8 Å². The van der Waals surface area contributed by atoms with Crippen molar-refractivity contribution in [3.63, 3.8) is 0 Å². The number of rotatable bonds is 6. The average molecular weight is 329 g/mol. The van der Waals surface area contributed by atoms with E-state index in [9.17, 15) is 9.59 Å². The zero-order valence-electron chi connectivity index (χ0n) is 13.8. The van der Waals surface area contributed by atoms with Gasteiger partial charge in [-0.3, -0.25) is 4.79 Å². The molecule has 0 saturated carbocycles. The molecule has 0 aromatic heterocycles. The molecule has 1 N–H and O–H groups in total. The van der Waals surface area contributed by atoms with Crippen molar-refractivity contribution < 1.29 is 23.8 Å². The summed E-state index contributed by atoms with van der Waals surface area (Å²) in [7, 11) is 2.78. The summed E-state index contributed by atoms with van der Waals surface area (Å²) in [5.41, 5.74) is 1.94. The van der Waals surface area contributed by atoms with Gasteiger partial charge in [0, 0.05) is 11.8 Å². The van der Waals surface area contributed by atoms with Crippen molar-refractivity contribution in [2.75, 3.05) is 26.1 Å². The highest BCUT2D eigenvalue weighted by Gasteiger charge is 2.15. The summed E-state index contributed by atoms with van der Waals surface area (Å²) in [5, 5.41) is 2.73. The Labute approximate surface area is 140 Å². The number of ether oxygens (including phenoxy) is 3. The number of esters is 1. The van der Waals surface area contributed by atoms with Gasteiger partial charge in [-0.05, 0) is 36.8 Å². The first-order chi connectivity index (χ1) is 11.5. The molecule has 0 saturated heterocycles. The molecule has 0 aliphatic carbocycles. The van der Waals surface area contributed by atoms with E-state index in [1.807, 2.05) is 25.1 Å². The lowest BCUT2D eigenvalue weighted by atomic mass is 10.2. The van der Waals surface area contributed by atoms with Gasteiger partial charge in [0.25, 0.3) is 5.91 Å². The van der Waals surface area contributed by atoms with Gasteiger partial charge in [0.2, 0.25) is 0 Å². The number of hydrogen-bond acceptors (Lipinski definition) is 5. The molecule has 0 spiro atoms. The number of nitrogens with one attached hydrogen (secondary N) is 1. The van der Waals surface area contributed by atoms with Crippen LogP contribution in [0.25, 0.3) is 0 Å². The molecular formula is C18H19NO5. The zero-order valence-corrected chi connectivity index (χ0v) is 13.8. The number of hydrogen-bond donors (Lipinski definition) is 1. The van der Waals surface area contributed by atoms with Gasteiger partial charge in [-0.1, -0.05) is 12.1 Å². The van der Waals surface area contributed by atoms with E-state index in [1.165, 1.54) is 26.4 Å². The summed E-state index contributed by atoms with van der Waals surface area (Å²) in [4.78, 5) is 23.8. The van der Waals surface area contributed by atoms with Gasteiger partial charge < -0.3 is 19.5 Å². The van der Waals surface area contributed by atoms with Crippen LogP contribution in [0.2, 0.25) is 0 Å². The molecule has 0 heterocycles. The fraction of sp³-hybridized carbons (Fsp3) is 0.222. The molecule has 6 nitrogen and oxygen atoms in total. The largest absolute Gasteiger partial charge is 0.497 e. The second-order valence-corrected chi connectivity index (χ2v) is 5.06. The van der Waals surface area contributed by atoms with Crippen molar-refractivity contribution in [3.05, 3.63) is 53.6 Å². The van der Waals surface area contributed by atoms with E-state index in [0.717, 1.165) is 5.56 Å². The van der Waals surface area contributed by atoms with Crippen LogP contribution in [0.4, 0.5) is 5.69 Å². The smallest absolute Gasteiger partial charge is 0.341 e. The lowest BCUT2D eigenvalue weighted by Crippen LogP contribution is -2.21. The van der Waals surface area contributed by atoms with Gasteiger partial charge in [0.15, 0.2) is 6.61 Å². The molecule has 0 unspecified atom stereocenters. The molecule has 6 heteroatoms. The molecule has 2 aromatic rings. The standard InChI is InChI=1S/C18H19NO5/c1-12-5-4-6-13(9-12)19-17(20)11-24-16-10-14(22-2)7-8-15(16)18(21)23-3/h4-10H,11H2,1-3H3,(H,19,20). The highest BCUT2D eigenvalue weighted by atomic mass is 16.5. The van der Waals surface area contributed by atoms with E-state index in [4.69, 9.17) is 14.2 Å². The first-order valence-electron chi connectivity index (χ1n) is 7.29. The summed E-state index contributed by atoms with van der Waals surface area (Å²) in [5.74, 6) is -0.150. The molecule has 1 amide bonds. The van der Waals surface area contributed by atoms with E-state index in [2.05, 4.69) is 5.32 Å². The van der Waals surface area contributed by atoms with Crippen LogP contribution in [0.1, 0.15) is 15.9 Å². The highest BCUT2D eigenvalue weighted by molar-refractivity contribution is 5.94. The van der Waals surface area contributed by atoms with E-state index in [0.29, 0.717) is 11.4 Å². The molecule has 24 heavy (non-hydrogen) atoms. The Kier molecular flexibility index (Phi) is 5.78. The van der Waals surface area contributed by atoms with Crippen LogP contribution < -0.4 is 14.8 Å². The van der Waals surface area contributed by atoms with Crippen molar-refractivity contribution in [3.8, 4) is 11.5 Å². The van der Waals surface area contributed by atoms with Crippen molar-refractivity contribution in [2.45, 2.75) is 6.92 Å². The fourth-order valence-electron chi connectivity index (χ4n) is 2.09.